The van der Waals surface area contributed by atoms with Gasteiger partial charge in [0.25, 0.3) is 0 Å². The van der Waals surface area contributed by atoms with E-state index >= 15 is 0 Å². The third-order valence-corrected chi connectivity index (χ3v) is 4.31. The van der Waals surface area contributed by atoms with E-state index in [-0.39, 0.29) is 30.5 Å². The molecular formula is C11H13Br3ClNO3. The first-order chi connectivity index (χ1) is 8.38. The molecule has 0 aliphatic carbocycles. The molecule has 8 heteroatoms. The van der Waals surface area contributed by atoms with Crippen molar-refractivity contribution in [2.75, 3.05) is 6.61 Å². The maximum Gasteiger partial charge on any atom is 0.307 e. The first-order valence-corrected chi connectivity index (χ1v) is 7.53. The second kappa shape index (κ2) is 8.46. The van der Waals surface area contributed by atoms with Gasteiger partial charge in [0.1, 0.15) is 5.75 Å². The van der Waals surface area contributed by atoms with Crippen LogP contribution in [0.2, 0.25) is 0 Å². The molecule has 1 atom stereocenters. The van der Waals surface area contributed by atoms with Gasteiger partial charge in [0.15, 0.2) is 0 Å². The normalized spacial score (nSPS) is 11.6. The van der Waals surface area contributed by atoms with Crippen molar-refractivity contribution in [1.29, 1.82) is 0 Å². The van der Waals surface area contributed by atoms with E-state index in [1.54, 1.807) is 13.0 Å². The quantitative estimate of drug-likeness (QED) is 0.636. The van der Waals surface area contributed by atoms with Crippen molar-refractivity contribution in [2.45, 2.75) is 19.4 Å². The molecule has 3 N–H and O–H groups in total. The van der Waals surface area contributed by atoms with Crippen LogP contribution in [0.3, 0.4) is 0 Å². The largest absolute Gasteiger partial charge is 0.506 e. The minimum atomic E-state index is -0.563. The fraction of sp³-hybridized carbons (Fsp3) is 0.364. The van der Waals surface area contributed by atoms with E-state index in [9.17, 15) is 9.90 Å². The van der Waals surface area contributed by atoms with Crippen LogP contribution < -0.4 is 5.73 Å². The van der Waals surface area contributed by atoms with Crippen molar-refractivity contribution >= 4 is 66.2 Å². The van der Waals surface area contributed by atoms with E-state index in [1.165, 1.54) is 0 Å². The zero-order valence-electron chi connectivity index (χ0n) is 9.95. The molecule has 0 aromatic heterocycles. The van der Waals surface area contributed by atoms with Gasteiger partial charge in [-0.15, -0.1) is 12.4 Å². The van der Waals surface area contributed by atoms with Gasteiger partial charge < -0.3 is 15.6 Å². The van der Waals surface area contributed by atoms with Crippen LogP contribution in [-0.2, 0) is 9.53 Å². The number of carbonyl (C=O) groups excluding carboxylic acids is 1. The van der Waals surface area contributed by atoms with Crippen LogP contribution in [0, 0.1) is 0 Å². The summed E-state index contributed by atoms with van der Waals surface area (Å²) in [5, 5.41) is 9.81. The zero-order chi connectivity index (χ0) is 13.9. The number of aromatic hydroxyl groups is 1. The minimum Gasteiger partial charge on any atom is -0.506 e. The summed E-state index contributed by atoms with van der Waals surface area (Å²) in [7, 11) is 0. The highest BCUT2D eigenvalue weighted by atomic mass is 79.9. The topological polar surface area (TPSA) is 72.5 Å². The van der Waals surface area contributed by atoms with Crippen LogP contribution in [0.4, 0.5) is 0 Å². The summed E-state index contributed by atoms with van der Waals surface area (Å²) in [5.41, 5.74) is 6.59. The molecule has 1 aromatic rings. The molecule has 0 saturated heterocycles. The highest BCUT2D eigenvalue weighted by molar-refractivity contribution is 9.11. The van der Waals surface area contributed by atoms with Gasteiger partial charge in [0, 0.05) is 16.1 Å². The number of rotatable bonds is 4. The average Bonchev–Trinajstić information content (AvgIpc) is 2.26. The van der Waals surface area contributed by atoms with E-state index in [0.29, 0.717) is 25.6 Å². The van der Waals surface area contributed by atoms with Crippen molar-refractivity contribution in [3.05, 3.63) is 25.0 Å². The molecule has 19 heavy (non-hydrogen) atoms. The molecule has 1 aromatic carbocycles. The molecule has 108 valence electrons. The van der Waals surface area contributed by atoms with Gasteiger partial charge in [-0.25, -0.2) is 0 Å². The van der Waals surface area contributed by atoms with Gasteiger partial charge in [0.05, 0.1) is 22.0 Å². The van der Waals surface area contributed by atoms with Gasteiger partial charge in [-0.1, -0.05) is 15.9 Å². The second-order valence-electron chi connectivity index (χ2n) is 3.53. The molecule has 4 nitrogen and oxygen atoms in total. The number of halogens is 4. The zero-order valence-corrected chi connectivity index (χ0v) is 15.5. The van der Waals surface area contributed by atoms with Gasteiger partial charge in [-0.3, -0.25) is 4.79 Å². The summed E-state index contributed by atoms with van der Waals surface area (Å²) >= 11 is 9.84. The lowest BCUT2D eigenvalue weighted by molar-refractivity contribution is -0.143. The van der Waals surface area contributed by atoms with E-state index in [0.717, 1.165) is 0 Å². The van der Waals surface area contributed by atoms with E-state index < -0.39 is 6.04 Å². The second-order valence-corrected chi connectivity index (χ2v) is 6.03. The minimum absolute atomic E-state index is 0. The summed E-state index contributed by atoms with van der Waals surface area (Å²) in [6, 6.07) is 1.12. The molecule has 0 fully saturated rings. The van der Waals surface area contributed by atoms with Crippen LogP contribution in [0.25, 0.3) is 0 Å². The lowest BCUT2D eigenvalue weighted by Crippen LogP contribution is -2.18. The van der Waals surface area contributed by atoms with Gasteiger partial charge in [-0.2, -0.15) is 0 Å². The number of phenols is 1. The van der Waals surface area contributed by atoms with Gasteiger partial charge in [0.2, 0.25) is 0 Å². The maximum absolute atomic E-state index is 11.4. The molecule has 0 saturated carbocycles. The van der Waals surface area contributed by atoms with Crippen LogP contribution in [0.5, 0.6) is 5.75 Å². The fourth-order valence-corrected chi connectivity index (χ4v) is 4.14. The molecule has 0 radical (unpaired) electrons. The first kappa shape index (κ1) is 19.2. The molecule has 0 aliphatic rings. The summed E-state index contributed by atoms with van der Waals surface area (Å²) in [6.45, 7) is 2.06. The number of nitrogens with two attached hydrogens (primary N) is 1. The summed E-state index contributed by atoms with van der Waals surface area (Å²) in [4.78, 5) is 11.4. The molecule has 0 bridgehead atoms. The SMILES string of the molecule is CCOC(=O)C[C@H](N)c1c(Br)cc(Br)c(O)c1Br.Cl. The number of hydrogen-bond acceptors (Lipinski definition) is 4. The Bertz CT molecular complexity index is 471. The lowest BCUT2D eigenvalue weighted by atomic mass is 10.0. The van der Waals surface area contributed by atoms with Crippen molar-refractivity contribution in [1.82, 2.24) is 0 Å². The number of carbonyl (C=O) groups is 1. The molecule has 0 aliphatic heterocycles. The van der Waals surface area contributed by atoms with Gasteiger partial charge in [-0.05, 0) is 44.8 Å². The molecular weight excluding hydrogens is 469 g/mol. The Labute approximate surface area is 142 Å². The average molecular weight is 482 g/mol. The third-order valence-electron chi connectivity index (χ3n) is 2.24. The highest BCUT2D eigenvalue weighted by Crippen LogP contribution is 2.42. The molecule has 1 rings (SSSR count). The standard InChI is InChI=1S/C11H12Br3NO3.ClH/c1-2-18-8(16)4-7(15)9-5(12)3-6(13)11(17)10(9)14;/h3,7,17H,2,4,15H2,1H3;1H/t7-;/m0./s1. The maximum atomic E-state index is 11.4. The Morgan fingerprint density at radius 2 is 2.00 bits per heavy atom. The number of ether oxygens (including phenoxy) is 1. The van der Waals surface area contributed by atoms with Gasteiger partial charge >= 0.3 is 5.97 Å². The summed E-state index contributed by atoms with van der Waals surface area (Å²) in [5.74, 6) is -0.321. The number of esters is 1. The van der Waals surface area contributed by atoms with Crippen LogP contribution in [0.15, 0.2) is 19.5 Å². The van der Waals surface area contributed by atoms with Crippen LogP contribution in [0.1, 0.15) is 24.9 Å². The van der Waals surface area contributed by atoms with Crippen molar-refractivity contribution in [3.63, 3.8) is 0 Å². The van der Waals surface area contributed by atoms with E-state index in [2.05, 4.69) is 47.8 Å². The number of benzene rings is 1. The molecule has 0 heterocycles. The monoisotopic (exact) mass is 479 g/mol. The number of hydrogen-bond donors (Lipinski definition) is 2. The first-order valence-electron chi connectivity index (χ1n) is 5.16. The Morgan fingerprint density at radius 3 is 2.53 bits per heavy atom. The van der Waals surface area contributed by atoms with Crippen molar-refractivity contribution < 1.29 is 14.6 Å². The Kier molecular flexibility index (Phi) is 8.54. The third kappa shape index (κ3) is 4.90. The molecule has 0 spiro atoms. The van der Waals surface area contributed by atoms with Crippen LogP contribution >= 0.6 is 60.2 Å². The summed E-state index contributed by atoms with van der Waals surface area (Å²) in [6.07, 6.45) is 0.0477. The predicted molar refractivity (Wildman–Crippen MR) is 86.6 cm³/mol. The van der Waals surface area contributed by atoms with Crippen molar-refractivity contribution in [2.24, 2.45) is 5.73 Å². The van der Waals surface area contributed by atoms with Crippen LogP contribution in [-0.4, -0.2) is 17.7 Å². The Morgan fingerprint density at radius 1 is 1.42 bits per heavy atom. The van der Waals surface area contributed by atoms with E-state index in [1.807, 2.05) is 0 Å². The summed E-state index contributed by atoms with van der Waals surface area (Å²) < 4.78 is 6.55. The van der Waals surface area contributed by atoms with E-state index in [4.69, 9.17) is 10.5 Å². The fourth-order valence-electron chi connectivity index (χ4n) is 1.44. The highest BCUT2D eigenvalue weighted by Gasteiger charge is 2.21. The molecule has 0 amide bonds. The smallest absolute Gasteiger partial charge is 0.307 e. The lowest BCUT2D eigenvalue weighted by Gasteiger charge is -2.16. The Balaban J connectivity index is 0.00000324. The molecule has 0 unspecified atom stereocenters. The predicted octanol–water partition coefficient (Wildman–Crippen LogP) is 4.05. The number of phenolic OH excluding ortho intramolecular Hbond substituents is 1. The Hall–Kier alpha value is 0.180. The van der Waals surface area contributed by atoms with Crippen molar-refractivity contribution in [3.8, 4) is 5.75 Å².